The highest BCUT2D eigenvalue weighted by Crippen LogP contribution is 2.50. The predicted octanol–water partition coefficient (Wildman–Crippen LogP) is 23.5. The molecule has 0 aliphatic heterocycles. The quantitative estimate of drug-likeness (QED) is 0.0895. The van der Waals surface area contributed by atoms with Crippen molar-refractivity contribution in [2.45, 2.75) is 78.6 Å². The van der Waals surface area contributed by atoms with Crippen LogP contribution in [-0.2, 0) is 0 Å². The molecule has 0 saturated heterocycles. The van der Waals surface area contributed by atoms with Gasteiger partial charge in [0.2, 0.25) is 0 Å². The highest BCUT2D eigenvalue weighted by Gasteiger charge is 2.32. The maximum absolute atomic E-state index is 2.60. The Morgan fingerprint density at radius 1 is 0.214 bits per heavy atom. The summed E-state index contributed by atoms with van der Waals surface area (Å²) in [6.07, 6.45) is 0. The summed E-state index contributed by atoms with van der Waals surface area (Å²) >= 11 is 0. The zero-order valence-electron chi connectivity index (χ0n) is 58.3. The van der Waals surface area contributed by atoms with Crippen molar-refractivity contribution in [3.8, 4) is 22.3 Å². The fraction of sp³-hybridized carbons (Fsp3) is 0.133. The monoisotopic (exact) mass is 1330 g/mol. The van der Waals surface area contributed by atoms with Crippen LogP contribution in [0.5, 0.6) is 0 Å². The molecule has 2 heterocycles. The molecule has 0 amide bonds. The van der Waals surface area contributed by atoms with Crippen LogP contribution in [0.3, 0.4) is 0 Å². The number of aromatic nitrogens is 2. The number of anilines is 4. The summed E-state index contributed by atoms with van der Waals surface area (Å²) in [5, 5.41) is 30.9. The maximum Gasteiger partial charge on any atom is 0.0776 e. The normalized spacial score (nSPS) is 12.7. The fourth-order valence-electron chi connectivity index (χ4n) is 15.7. The molecule has 0 spiro atoms. The van der Waals surface area contributed by atoms with Crippen LogP contribution in [0.25, 0.3) is 131 Å². The summed E-state index contributed by atoms with van der Waals surface area (Å²) in [4.78, 5) is 0. The van der Waals surface area contributed by atoms with Crippen molar-refractivity contribution in [1.29, 1.82) is 0 Å². The Kier molecular flexibility index (Phi) is 14.3. The number of fused-ring (bicyclic) bond motifs is 16. The maximum atomic E-state index is 2.60. The fourth-order valence-corrected chi connectivity index (χ4v) is 20.7. The van der Waals surface area contributed by atoms with E-state index < -0.39 is 32.3 Å². The molecule has 0 saturated carbocycles. The first kappa shape index (κ1) is 61.5. The molecule has 0 N–H and O–H groups in total. The van der Waals surface area contributed by atoms with Gasteiger partial charge in [-0.05, 0) is 160 Å². The second kappa shape index (κ2) is 22.8. The van der Waals surface area contributed by atoms with Gasteiger partial charge in [0, 0.05) is 21.5 Å². The molecule has 0 fully saturated rings. The summed E-state index contributed by atoms with van der Waals surface area (Å²) in [7, 11) is -7.60. The molecular formula is C90H82N4Si4. The van der Waals surface area contributed by atoms with E-state index in [1.165, 1.54) is 163 Å². The molecule has 0 radical (unpaired) electrons. The second-order valence-electron chi connectivity index (χ2n) is 31.4. The first-order chi connectivity index (χ1) is 47.2. The van der Waals surface area contributed by atoms with Gasteiger partial charge in [-0.1, -0.05) is 306 Å². The van der Waals surface area contributed by atoms with E-state index in [1.807, 2.05) is 0 Å². The number of rotatable bonds is 12. The van der Waals surface area contributed by atoms with Crippen LogP contribution in [0.1, 0.15) is 0 Å². The van der Waals surface area contributed by atoms with E-state index in [9.17, 15) is 0 Å². The Labute approximate surface area is 579 Å². The van der Waals surface area contributed by atoms with Crippen molar-refractivity contribution >= 4 is 184 Å². The minimum Gasteiger partial charge on any atom is -0.249 e. The molecule has 0 aliphatic carbocycles. The molecule has 8 heteroatoms. The minimum atomic E-state index is -1.90. The van der Waals surface area contributed by atoms with E-state index >= 15 is 0 Å². The summed E-state index contributed by atoms with van der Waals surface area (Å²) < 4.78 is 5.16. The van der Waals surface area contributed by atoms with Gasteiger partial charge in [-0.3, -0.25) is 0 Å². The minimum absolute atomic E-state index is 1.09. The number of nitrogens with zero attached hydrogens (tertiary/aromatic N) is 4. The van der Waals surface area contributed by atoms with Crippen molar-refractivity contribution in [3.05, 3.63) is 279 Å². The molecule has 2 aromatic heterocycles. The van der Waals surface area contributed by atoms with Crippen LogP contribution in [0.2, 0.25) is 78.6 Å². The average molecular weight is 1330 g/mol. The molecule has 0 aliphatic rings. The van der Waals surface area contributed by atoms with Gasteiger partial charge in [-0.15, -0.1) is 0 Å². The zero-order valence-corrected chi connectivity index (χ0v) is 62.3. The largest absolute Gasteiger partial charge is 0.249 e. The first-order valence-corrected chi connectivity index (χ1v) is 48.9. The molecule has 0 unspecified atom stereocenters. The highest BCUT2D eigenvalue weighted by molar-refractivity contribution is 6.92. The van der Waals surface area contributed by atoms with E-state index in [4.69, 9.17) is 0 Å². The average Bonchev–Trinajstić information content (AvgIpc) is 1.50. The molecule has 15 aromatic carbocycles. The molecule has 98 heavy (non-hydrogen) atoms. The first-order valence-electron chi connectivity index (χ1n) is 34.9. The smallest absolute Gasteiger partial charge is 0.0776 e. The van der Waals surface area contributed by atoms with Gasteiger partial charge >= 0.3 is 0 Å². The summed E-state index contributed by atoms with van der Waals surface area (Å²) in [5.74, 6) is 0. The van der Waals surface area contributed by atoms with Crippen molar-refractivity contribution in [2.24, 2.45) is 0 Å². The topological polar surface area (TPSA) is 16.3 Å². The SMILES string of the molecule is C[Si](C)(C)c1cc(N(c2ccc3c(-c4ccccc4)c4cc(N(c5cc([Si](C)(C)C)cc([Si](C)(C)C)c5)n5c6ccc7ccccc7c6c6c7ccccc7ccc65)ccc4c(-c4ccccc4)c3c2)n2c3ccc4ccccc4c3c3c4ccccc4ccc32)cc([Si](C)(C)C)c1. The molecule has 0 bridgehead atoms. The molecule has 17 aromatic rings. The van der Waals surface area contributed by atoms with Crippen LogP contribution in [0.15, 0.2) is 279 Å². The molecule has 17 rings (SSSR count). The number of benzene rings is 15. The van der Waals surface area contributed by atoms with Crippen molar-refractivity contribution < 1.29 is 0 Å². The van der Waals surface area contributed by atoms with Crippen LogP contribution >= 0.6 is 0 Å². The Morgan fingerprint density at radius 3 is 0.755 bits per heavy atom. The van der Waals surface area contributed by atoms with E-state index in [0.29, 0.717) is 0 Å². The molecular weight excluding hydrogens is 1250 g/mol. The summed E-state index contributed by atoms with van der Waals surface area (Å²) in [6, 6.07) is 108. The van der Waals surface area contributed by atoms with Gasteiger partial charge in [0.05, 0.1) is 77.1 Å². The van der Waals surface area contributed by atoms with Crippen LogP contribution < -0.4 is 30.8 Å². The predicted molar refractivity (Wildman–Crippen MR) is 441 cm³/mol. The van der Waals surface area contributed by atoms with Crippen LogP contribution in [0, 0.1) is 0 Å². The third-order valence-corrected chi connectivity index (χ3v) is 29.0. The lowest BCUT2D eigenvalue weighted by molar-refractivity contribution is 0.888. The van der Waals surface area contributed by atoms with Crippen molar-refractivity contribution in [3.63, 3.8) is 0 Å². The lowest BCUT2D eigenvalue weighted by Gasteiger charge is -2.33. The summed E-state index contributed by atoms with van der Waals surface area (Å²) in [5.41, 5.74) is 14.0. The van der Waals surface area contributed by atoms with Crippen LogP contribution in [-0.4, -0.2) is 41.6 Å². The van der Waals surface area contributed by atoms with Crippen molar-refractivity contribution in [2.75, 3.05) is 10.0 Å². The molecule has 4 nitrogen and oxygen atoms in total. The van der Waals surface area contributed by atoms with E-state index in [1.54, 1.807) is 0 Å². The Bertz CT molecular complexity index is 5490. The lowest BCUT2D eigenvalue weighted by atomic mass is 9.85. The Morgan fingerprint density at radius 2 is 0.480 bits per heavy atom. The van der Waals surface area contributed by atoms with Gasteiger partial charge in [-0.2, -0.15) is 0 Å². The third-order valence-electron chi connectivity index (χ3n) is 20.9. The third kappa shape index (κ3) is 10.1. The van der Waals surface area contributed by atoms with Gasteiger partial charge in [0.1, 0.15) is 0 Å². The van der Waals surface area contributed by atoms with E-state index in [0.717, 1.165) is 11.4 Å². The molecule has 478 valence electrons. The molecule has 0 atom stereocenters. The van der Waals surface area contributed by atoms with Gasteiger partial charge in [0.15, 0.2) is 0 Å². The van der Waals surface area contributed by atoms with Gasteiger partial charge < -0.3 is 0 Å². The van der Waals surface area contributed by atoms with Crippen molar-refractivity contribution in [1.82, 2.24) is 9.35 Å². The Balaban J connectivity index is 1.01. The van der Waals surface area contributed by atoms with E-state index in [2.05, 4.69) is 377 Å². The summed E-state index contributed by atoms with van der Waals surface area (Å²) in [6.45, 7) is 30.1. The van der Waals surface area contributed by atoms with Gasteiger partial charge in [0.25, 0.3) is 0 Å². The van der Waals surface area contributed by atoms with Gasteiger partial charge in [-0.25, -0.2) is 19.4 Å². The van der Waals surface area contributed by atoms with Crippen LogP contribution in [0.4, 0.5) is 22.7 Å². The lowest BCUT2D eigenvalue weighted by Crippen LogP contribution is -2.46. The Hall–Kier alpha value is -10.1. The number of hydrogen-bond donors (Lipinski definition) is 0. The highest BCUT2D eigenvalue weighted by atomic mass is 28.3. The number of hydrogen-bond acceptors (Lipinski definition) is 2. The standard InChI is InChI=1S/C90H82N4Si4/c1-95(2,3)69-51-67(52-70(57-69)96(4,5)6)91(93-81-47-39-59-27-19-23-35-73(59)87(81)88-74-36-24-20-28-60(74)40-48-82(88)93)65-43-45-77-79(55-65)85(63-31-15-13-16-32-63)78-46-44-66(56-80(78)86(77)64-33-17-14-18-34-64)92(68-53-71(97(7,8)9)58-72(54-68)98(10,11)12)94-83-49-41-61-29-21-25-37-75(61)89(83)90-76-38-26-22-30-62(76)42-50-84(90)94/h13-58H,1-12H3. The second-order valence-corrected chi connectivity index (χ2v) is 51.8. The zero-order chi connectivity index (χ0) is 67.3. The van der Waals surface area contributed by atoms with E-state index in [-0.39, 0.29) is 0 Å².